The van der Waals surface area contributed by atoms with Gasteiger partial charge in [0.05, 0.1) is 11.4 Å². The molecule has 1 aromatic carbocycles. The highest BCUT2D eigenvalue weighted by Crippen LogP contribution is 2.18. The van der Waals surface area contributed by atoms with Crippen LogP contribution in [0.3, 0.4) is 0 Å². The molecule has 0 spiro atoms. The summed E-state index contributed by atoms with van der Waals surface area (Å²) in [6.45, 7) is 1.44. The van der Waals surface area contributed by atoms with Crippen molar-refractivity contribution in [2.75, 3.05) is 13.1 Å². The lowest BCUT2D eigenvalue weighted by Gasteiger charge is -2.30. The van der Waals surface area contributed by atoms with E-state index in [0.717, 1.165) is 16.5 Å². The van der Waals surface area contributed by atoms with E-state index in [4.69, 9.17) is 5.11 Å². The number of nitrogens with one attached hydrogen (secondary N) is 2. The quantitative estimate of drug-likeness (QED) is 0.812. The Labute approximate surface area is 128 Å². The van der Waals surface area contributed by atoms with E-state index in [1.54, 1.807) is 4.90 Å². The van der Waals surface area contributed by atoms with E-state index in [-0.39, 0.29) is 11.9 Å². The van der Waals surface area contributed by atoms with E-state index >= 15 is 0 Å². The number of piperidine rings is 1. The van der Waals surface area contributed by atoms with Crippen LogP contribution >= 0.6 is 0 Å². The van der Waals surface area contributed by atoms with Gasteiger partial charge in [-0.3, -0.25) is 4.79 Å². The summed E-state index contributed by atoms with van der Waals surface area (Å²) in [6.07, 6.45) is 2.93. The Kier molecular flexibility index (Phi) is 4.00. The number of hydrogen-bond acceptors (Lipinski definition) is 2. The number of carbonyl (C=O) groups is 2. The molecule has 1 aromatic heterocycles. The van der Waals surface area contributed by atoms with Crippen LogP contribution in [0.5, 0.6) is 0 Å². The molecule has 6 nitrogen and oxygen atoms in total. The highest BCUT2D eigenvalue weighted by molar-refractivity contribution is 5.83. The van der Waals surface area contributed by atoms with Crippen LogP contribution in [0.4, 0.5) is 4.79 Å². The maximum Gasteiger partial charge on any atom is 0.317 e. The second-order valence-electron chi connectivity index (χ2n) is 5.62. The highest BCUT2D eigenvalue weighted by atomic mass is 16.4. The summed E-state index contributed by atoms with van der Waals surface area (Å²) < 4.78 is 0. The molecular formula is C16H19N3O3. The van der Waals surface area contributed by atoms with E-state index in [1.807, 2.05) is 30.5 Å². The number of carboxylic acid groups (broad SMARTS) is 1. The van der Waals surface area contributed by atoms with E-state index in [2.05, 4.69) is 10.3 Å². The summed E-state index contributed by atoms with van der Waals surface area (Å²) in [5.74, 6) is -1.09. The first kappa shape index (κ1) is 14.4. The molecule has 0 radical (unpaired) electrons. The number of rotatable bonds is 3. The van der Waals surface area contributed by atoms with Gasteiger partial charge in [0.2, 0.25) is 0 Å². The van der Waals surface area contributed by atoms with Crippen LogP contribution in [0.2, 0.25) is 0 Å². The number of urea groups is 1. The Balaban J connectivity index is 1.57. The van der Waals surface area contributed by atoms with Gasteiger partial charge in [0.1, 0.15) is 0 Å². The number of aromatic nitrogens is 1. The van der Waals surface area contributed by atoms with Gasteiger partial charge in [0.15, 0.2) is 0 Å². The zero-order valence-electron chi connectivity index (χ0n) is 12.2. The Morgan fingerprint density at radius 2 is 2.05 bits per heavy atom. The lowest BCUT2D eigenvalue weighted by Crippen LogP contribution is -2.45. The van der Waals surface area contributed by atoms with Gasteiger partial charge in [-0.25, -0.2) is 4.79 Å². The van der Waals surface area contributed by atoms with E-state index in [1.165, 1.54) is 0 Å². The first-order valence-corrected chi connectivity index (χ1v) is 7.45. The smallest absolute Gasteiger partial charge is 0.317 e. The Hall–Kier alpha value is -2.50. The number of fused-ring (bicyclic) bond motifs is 1. The number of H-pyrrole nitrogens is 1. The third kappa shape index (κ3) is 2.90. The van der Waals surface area contributed by atoms with Crippen LogP contribution in [-0.4, -0.2) is 40.1 Å². The summed E-state index contributed by atoms with van der Waals surface area (Å²) in [5, 5.41) is 13.0. The molecular weight excluding hydrogens is 282 g/mol. The molecule has 22 heavy (non-hydrogen) atoms. The Morgan fingerprint density at radius 3 is 2.77 bits per heavy atom. The number of amides is 2. The topological polar surface area (TPSA) is 85.4 Å². The molecule has 1 aliphatic rings. The van der Waals surface area contributed by atoms with Crippen molar-refractivity contribution in [2.24, 2.45) is 5.92 Å². The van der Waals surface area contributed by atoms with Gasteiger partial charge in [-0.2, -0.15) is 0 Å². The van der Waals surface area contributed by atoms with Crippen LogP contribution in [0.25, 0.3) is 10.9 Å². The SMILES string of the molecule is O=C(O)C1CCN(C(=O)NCc2cccc3cc[nH]c23)CC1. The van der Waals surface area contributed by atoms with Gasteiger partial charge in [-0.1, -0.05) is 18.2 Å². The van der Waals surface area contributed by atoms with Gasteiger partial charge in [-0.05, 0) is 29.9 Å². The van der Waals surface area contributed by atoms with Crippen LogP contribution in [0, 0.1) is 5.92 Å². The zero-order valence-corrected chi connectivity index (χ0v) is 12.2. The van der Waals surface area contributed by atoms with Crippen molar-refractivity contribution in [3.05, 3.63) is 36.0 Å². The molecule has 0 unspecified atom stereocenters. The third-order valence-corrected chi connectivity index (χ3v) is 4.24. The summed E-state index contributed by atoms with van der Waals surface area (Å²) in [4.78, 5) is 28.0. The molecule has 0 aliphatic carbocycles. The lowest BCUT2D eigenvalue weighted by molar-refractivity contribution is -0.143. The van der Waals surface area contributed by atoms with Gasteiger partial charge < -0.3 is 20.3 Å². The third-order valence-electron chi connectivity index (χ3n) is 4.24. The van der Waals surface area contributed by atoms with Crippen molar-refractivity contribution in [1.29, 1.82) is 0 Å². The largest absolute Gasteiger partial charge is 0.481 e. The van der Waals surface area contributed by atoms with Gasteiger partial charge >= 0.3 is 12.0 Å². The number of para-hydroxylation sites is 1. The summed E-state index contributed by atoms with van der Waals surface area (Å²) in [6, 6.07) is 7.84. The summed E-state index contributed by atoms with van der Waals surface area (Å²) in [5.41, 5.74) is 2.07. The monoisotopic (exact) mass is 301 g/mol. The fourth-order valence-corrected chi connectivity index (χ4v) is 2.91. The van der Waals surface area contributed by atoms with Gasteiger partial charge in [-0.15, -0.1) is 0 Å². The molecule has 1 fully saturated rings. The molecule has 0 bridgehead atoms. The first-order chi connectivity index (χ1) is 10.6. The van der Waals surface area contributed by atoms with Crippen molar-refractivity contribution in [1.82, 2.24) is 15.2 Å². The minimum absolute atomic E-state index is 0.132. The van der Waals surface area contributed by atoms with E-state index in [9.17, 15) is 9.59 Å². The Bertz CT molecular complexity index is 687. The van der Waals surface area contributed by atoms with Crippen molar-refractivity contribution in [3.8, 4) is 0 Å². The van der Waals surface area contributed by atoms with E-state index in [0.29, 0.717) is 32.5 Å². The lowest BCUT2D eigenvalue weighted by atomic mass is 9.97. The number of carboxylic acids is 1. The number of carbonyl (C=O) groups excluding carboxylic acids is 1. The maximum absolute atomic E-state index is 12.2. The molecule has 0 atom stereocenters. The average Bonchev–Trinajstić information content (AvgIpc) is 3.01. The minimum Gasteiger partial charge on any atom is -0.481 e. The number of aromatic amines is 1. The second-order valence-corrected chi connectivity index (χ2v) is 5.62. The molecule has 0 saturated carbocycles. The number of likely N-dealkylation sites (tertiary alicyclic amines) is 1. The highest BCUT2D eigenvalue weighted by Gasteiger charge is 2.26. The normalized spacial score (nSPS) is 15.9. The summed E-state index contributed by atoms with van der Waals surface area (Å²) >= 11 is 0. The van der Waals surface area contributed by atoms with Crippen LogP contribution < -0.4 is 5.32 Å². The molecule has 2 heterocycles. The van der Waals surface area contributed by atoms with Crippen molar-refractivity contribution in [2.45, 2.75) is 19.4 Å². The standard InChI is InChI=1S/C16H19N3O3/c20-15(21)12-5-8-19(9-6-12)16(22)18-10-13-3-1-2-11-4-7-17-14(11)13/h1-4,7,12,17H,5-6,8-10H2,(H,18,22)(H,20,21). The van der Waals surface area contributed by atoms with E-state index < -0.39 is 5.97 Å². The van der Waals surface area contributed by atoms with Crippen molar-refractivity contribution >= 4 is 22.9 Å². The van der Waals surface area contributed by atoms with Gasteiger partial charge in [0.25, 0.3) is 0 Å². The fraction of sp³-hybridized carbons (Fsp3) is 0.375. The predicted molar refractivity (Wildman–Crippen MR) is 82.5 cm³/mol. The number of benzene rings is 1. The molecule has 1 aliphatic heterocycles. The first-order valence-electron chi connectivity index (χ1n) is 7.45. The Morgan fingerprint density at radius 1 is 1.27 bits per heavy atom. The maximum atomic E-state index is 12.2. The van der Waals surface area contributed by atoms with Crippen LogP contribution in [0.15, 0.2) is 30.5 Å². The molecule has 116 valence electrons. The molecule has 1 saturated heterocycles. The van der Waals surface area contributed by atoms with Crippen molar-refractivity contribution in [3.63, 3.8) is 0 Å². The molecule has 2 amide bonds. The minimum atomic E-state index is -0.765. The van der Waals surface area contributed by atoms with Gasteiger partial charge in [0, 0.05) is 25.8 Å². The number of aliphatic carboxylic acids is 1. The molecule has 3 rings (SSSR count). The number of nitrogens with zero attached hydrogens (tertiary/aromatic N) is 1. The van der Waals surface area contributed by atoms with Crippen molar-refractivity contribution < 1.29 is 14.7 Å². The fourth-order valence-electron chi connectivity index (χ4n) is 2.91. The van der Waals surface area contributed by atoms with Crippen LogP contribution in [-0.2, 0) is 11.3 Å². The summed E-state index contributed by atoms with van der Waals surface area (Å²) in [7, 11) is 0. The second kappa shape index (κ2) is 6.09. The van der Waals surface area contributed by atoms with Crippen LogP contribution in [0.1, 0.15) is 18.4 Å². The molecule has 6 heteroatoms. The number of hydrogen-bond donors (Lipinski definition) is 3. The molecule has 3 N–H and O–H groups in total. The predicted octanol–water partition coefficient (Wildman–Crippen LogP) is 2.17. The zero-order chi connectivity index (χ0) is 15.5. The molecule has 2 aromatic rings. The average molecular weight is 301 g/mol.